The van der Waals surface area contributed by atoms with Gasteiger partial charge in [-0.3, -0.25) is 4.55 Å². The Balaban J connectivity index is 3.27. The molecule has 0 fully saturated rings. The highest BCUT2D eigenvalue weighted by molar-refractivity contribution is 7.85. The zero-order valence-corrected chi connectivity index (χ0v) is 9.30. The van der Waals surface area contributed by atoms with Crippen LogP contribution in [0.2, 0.25) is 0 Å². The summed E-state index contributed by atoms with van der Waals surface area (Å²) in [7, 11) is -4.07. The summed E-state index contributed by atoms with van der Waals surface area (Å²) < 4.78 is 30.5. The minimum atomic E-state index is -4.07. The molecule has 1 rings (SSSR count). The van der Waals surface area contributed by atoms with Crippen molar-refractivity contribution in [2.45, 2.75) is 31.6 Å². The van der Waals surface area contributed by atoms with Gasteiger partial charge in [-0.2, -0.15) is 8.42 Å². The van der Waals surface area contributed by atoms with Crippen molar-refractivity contribution in [3.8, 4) is 0 Å². The van der Waals surface area contributed by atoms with E-state index in [0.717, 1.165) is 11.1 Å². The van der Waals surface area contributed by atoms with Gasteiger partial charge >= 0.3 is 0 Å². The average molecular weight is 214 g/mol. The summed E-state index contributed by atoms with van der Waals surface area (Å²) in [4.78, 5) is -0.0422. The normalized spacial score (nSPS) is 12.1. The van der Waals surface area contributed by atoms with Gasteiger partial charge in [0.2, 0.25) is 0 Å². The number of benzene rings is 1. The summed E-state index contributed by atoms with van der Waals surface area (Å²) in [5.41, 5.74) is 1.98. The molecule has 1 aromatic carbocycles. The van der Waals surface area contributed by atoms with Gasteiger partial charge in [0.05, 0.1) is 4.90 Å². The van der Waals surface area contributed by atoms with E-state index < -0.39 is 10.1 Å². The molecule has 0 aliphatic carbocycles. The fourth-order valence-corrected chi connectivity index (χ4v) is 2.02. The lowest BCUT2D eigenvalue weighted by Crippen LogP contribution is -2.00. The fourth-order valence-electron chi connectivity index (χ4n) is 1.46. The maximum absolute atomic E-state index is 10.8. The Morgan fingerprint density at radius 1 is 1.29 bits per heavy atom. The Hall–Kier alpha value is -0.870. The molecule has 0 saturated heterocycles. The van der Waals surface area contributed by atoms with Crippen molar-refractivity contribution in [2.24, 2.45) is 0 Å². The monoisotopic (exact) mass is 214 g/mol. The van der Waals surface area contributed by atoms with Gasteiger partial charge in [-0.15, -0.1) is 0 Å². The maximum Gasteiger partial charge on any atom is 0.294 e. The van der Waals surface area contributed by atoms with Crippen LogP contribution in [0.3, 0.4) is 0 Å². The molecule has 0 atom stereocenters. The Bertz CT molecular complexity index is 433. The number of aryl methyl sites for hydroxylation is 1. The molecule has 14 heavy (non-hydrogen) atoms. The first-order valence-corrected chi connectivity index (χ1v) is 5.84. The van der Waals surface area contributed by atoms with E-state index in [2.05, 4.69) is 0 Å². The zero-order valence-electron chi connectivity index (χ0n) is 8.48. The number of rotatable bonds is 2. The topological polar surface area (TPSA) is 54.4 Å². The fraction of sp³-hybridized carbons (Fsp3) is 0.400. The second-order valence-electron chi connectivity index (χ2n) is 3.65. The Kier molecular flexibility index (Phi) is 2.97. The number of hydrogen-bond acceptors (Lipinski definition) is 2. The third-order valence-corrected chi connectivity index (χ3v) is 3.01. The SMILES string of the molecule is Cc1cc(S(=O)(=O)O)ccc1C(C)C. The first kappa shape index (κ1) is 11.2. The molecule has 0 spiro atoms. The zero-order chi connectivity index (χ0) is 10.9. The lowest BCUT2D eigenvalue weighted by molar-refractivity contribution is 0.483. The van der Waals surface area contributed by atoms with Gasteiger partial charge in [0.1, 0.15) is 0 Å². The molecule has 1 N–H and O–H groups in total. The van der Waals surface area contributed by atoms with Crippen LogP contribution >= 0.6 is 0 Å². The predicted molar refractivity (Wildman–Crippen MR) is 55.1 cm³/mol. The van der Waals surface area contributed by atoms with E-state index in [-0.39, 0.29) is 4.90 Å². The molecule has 0 amide bonds. The van der Waals surface area contributed by atoms with E-state index in [1.807, 2.05) is 20.8 Å². The van der Waals surface area contributed by atoms with Crippen molar-refractivity contribution in [1.29, 1.82) is 0 Å². The van der Waals surface area contributed by atoms with Crippen LogP contribution < -0.4 is 0 Å². The summed E-state index contributed by atoms with van der Waals surface area (Å²) in [6.45, 7) is 5.91. The van der Waals surface area contributed by atoms with Gasteiger partial charge in [0.15, 0.2) is 0 Å². The van der Waals surface area contributed by atoms with Crippen LogP contribution in [0.4, 0.5) is 0 Å². The first-order valence-electron chi connectivity index (χ1n) is 4.40. The molecule has 1 aromatic rings. The quantitative estimate of drug-likeness (QED) is 0.769. The van der Waals surface area contributed by atoms with E-state index >= 15 is 0 Å². The largest absolute Gasteiger partial charge is 0.294 e. The minimum Gasteiger partial charge on any atom is -0.282 e. The Morgan fingerprint density at radius 2 is 1.86 bits per heavy atom. The third kappa shape index (κ3) is 2.33. The van der Waals surface area contributed by atoms with Gasteiger partial charge in [0.25, 0.3) is 10.1 Å². The van der Waals surface area contributed by atoms with Crippen molar-refractivity contribution in [3.05, 3.63) is 29.3 Å². The third-order valence-electron chi connectivity index (χ3n) is 2.16. The van der Waals surface area contributed by atoms with Crippen molar-refractivity contribution in [2.75, 3.05) is 0 Å². The molecule has 78 valence electrons. The minimum absolute atomic E-state index is 0.0422. The molecule has 0 radical (unpaired) electrons. The van der Waals surface area contributed by atoms with Crippen LogP contribution in [0.5, 0.6) is 0 Å². The van der Waals surface area contributed by atoms with Gasteiger partial charge in [-0.05, 0) is 36.1 Å². The second-order valence-corrected chi connectivity index (χ2v) is 5.07. The predicted octanol–water partition coefficient (Wildman–Crippen LogP) is 2.37. The van der Waals surface area contributed by atoms with Crippen molar-refractivity contribution >= 4 is 10.1 Å². The molecular weight excluding hydrogens is 200 g/mol. The van der Waals surface area contributed by atoms with E-state index in [0.29, 0.717) is 5.92 Å². The van der Waals surface area contributed by atoms with Crippen LogP contribution in [0.25, 0.3) is 0 Å². The van der Waals surface area contributed by atoms with E-state index in [1.54, 1.807) is 6.07 Å². The van der Waals surface area contributed by atoms with Crippen LogP contribution in [0.15, 0.2) is 23.1 Å². The van der Waals surface area contributed by atoms with Crippen LogP contribution in [0.1, 0.15) is 30.9 Å². The van der Waals surface area contributed by atoms with Crippen molar-refractivity contribution < 1.29 is 13.0 Å². The lowest BCUT2D eigenvalue weighted by Gasteiger charge is -2.10. The molecular formula is C10H14O3S. The number of hydrogen-bond donors (Lipinski definition) is 1. The van der Waals surface area contributed by atoms with Gasteiger partial charge < -0.3 is 0 Å². The summed E-state index contributed by atoms with van der Waals surface area (Å²) in [6.07, 6.45) is 0. The second kappa shape index (κ2) is 3.71. The Labute approximate surface area is 84.5 Å². The van der Waals surface area contributed by atoms with Gasteiger partial charge in [0, 0.05) is 0 Å². The van der Waals surface area contributed by atoms with Crippen LogP contribution in [-0.4, -0.2) is 13.0 Å². The summed E-state index contributed by atoms with van der Waals surface area (Å²) in [5, 5.41) is 0. The van der Waals surface area contributed by atoms with E-state index in [4.69, 9.17) is 4.55 Å². The summed E-state index contributed by atoms with van der Waals surface area (Å²) >= 11 is 0. The lowest BCUT2D eigenvalue weighted by atomic mass is 9.98. The summed E-state index contributed by atoms with van der Waals surface area (Å²) in [6, 6.07) is 4.66. The van der Waals surface area contributed by atoms with Crippen molar-refractivity contribution in [3.63, 3.8) is 0 Å². The standard InChI is InChI=1S/C10H14O3S/c1-7(2)10-5-4-9(6-8(10)3)14(11,12)13/h4-7H,1-3H3,(H,11,12,13). The van der Waals surface area contributed by atoms with E-state index in [9.17, 15) is 8.42 Å². The smallest absolute Gasteiger partial charge is 0.282 e. The average Bonchev–Trinajstić information content (AvgIpc) is 2.01. The van der Waals surface area contributed by atoms with Crippen LogP contribution in [-0.2, 0) is 10.1 Å². The highest BCUT2D eigenvalue weighted by Crippen LogP contribution is 2.21. The first-order chi connectivity index (χ1) is 6.32. The van der Waals surface area contributed by atoms with Gasteiger partial charge in [-0.1, -0.05) is 19.9 Å². The Morgan fingerprint density at radius 3 is 2.21 bits per heavy atom. The molecule has 0 unspecified atom stereocenters. The molecule has 3 nitrogen and oxygen atoms in total. The highest BCUT2D eigenvalue weighted by atomic mass is 32.2. The molecule has 4 heteroatoms. The van der Waals surface area contributed by atoms with Crippen LogP contribution in [0, 0.1) is 6.92 Å². The molecule has 0 bridgehead atoms. The molecule has 0 aliphatic heterocycles. The van der Waals surface area contributed by atoms with Crippen molar-refractivity contribution in [1.82, 2.24) is 0 Å². The molecule has 0 aliphatic rings. The maximum atomic E-state index is 10.8. The van der Waals surface area contributed by atoms with Gasteiger partial charge in [-0.25, -0.2) is 0 Å². The summed E-state index contributed by atoms with van der Waals surface area (Å²) in [5.74, 6) is 0.352. The molecule has 0 saturated carbocycles. The molecule has 0 heterocycles. The highest BCUT2D eigenvalue weighted by Gasteiger charge is 2.11. The van der Waals surface area contributed by atoms with E-state index in [1.165, 1.54) is 12.1 Å². The molecule has 0 aromatic heterocycles.